The van der Waals surface area contributed by atoms with Crippen molar-refractivity contribution in [2.45, 2.75) is 61.3 Å². The monoisotopic (exact) mass is 446 g/mol. The highest BCUT2D eigenvalue weighted by Crippen LogP contribution is 2.44. The summed E-state index contributed by atoms with van der Waals surface area (Å²) in [6, 6.07) is 3.25. The third-order valence-corrected chi connectivity index (χ3v) is 8.90. The molecular formula is C19H21F3N2O3S2. The number of amides is 1. The van der Waals surface area contributed by atoms with Crippen LogP contribution in [0.2, 0.25) is 0 Å². The second kappa shape index (κ2) is 7.09. The summed E-state index contributed by atoms with van der Waals surface area (Å²) >= 11 is 1.27. The number of alkyl halides is 3. The maximum Gasteiger partial charge on any atom is 0.416 e. The Kier molecular flexibility index (Phi) is 5.32. The molecule has 1 fully saturated rings. The summed E-state index contributed by atoms with van der Waals surface area (Å²) in [5.41, 5.74) is -1.11. The van der Waals surface area contributed by atoms with Crippen molar-refractivity contribution in [1.29, 1.82) is 0 Å². The Morgan fingerprint density at radius 2 is 1.72 bits per heavy atom. The second-order valence-corrected chi connectivity index (χ2v) is 11.4. The largest absolute Gasteiger partial charge is 0.416 e. The topological polar surface area (TPSA) is 76.1 Å². The molecule has 1 heterocycles. The fraction of sp³-hybridized carbons (Fsp3) is 0.474. The number of anilines is 1. The molecule has 0 unspecified atom stereocenters. The van der Waals surface area contributed by atoms with Crippen molar-refractivity contribution >= 4 is 32.2 Å². The molecule has 1 saturated carbocycles. The Hall–Kier alpha value is -1.94. The highest BCUT2D eigenvalue weighted by Gasteiger charge is 2.56. The molecule has 29 heavy (non-hydrogen) atoms. The van der Waals surface area contributed by atoms with Crippen LogP contribution in [-0.2, 0) is 26.2 Å². The first-order chi connectivity index (χ1) is 13.3. The molecule has 5 nitrogen and oxygen atoms in total. The molecule has 0 saturated heterocycles. The van der Waals surface area contributed by atoms with Crippen LogP contribution in [0.1, 0.15) is 50.5 Å². The van der Waals surface area contributed by atoms with Gasteiger partial charge in [-0.2, -0.15) is 13.2 Å². The summed E-state index contributed by atoms with van der Waals surface area (Å²) in [5, 5.41) is 2.90. The smallest absolute Gasteiger partial charge is 0.301 e. The number of thiazole rings is 1. The molecular weight excluding hydrogens is 425 g/mol. The number of carbonyl (C=O) groups is 1. The van der Waals surface area contributed by atoms with E-state index in [0.29, 0.717) is 23.7 Å². The van der Waals surface area contributed by atoms with Crippen molar-refractivity contribution in [2.24, 2.45) is 0 Å². The van der Waals surface area contributed by atoms with E-state index in [9.17, 15) is 26.4 Å². The average molecular weight is 447 g/mol. The van der Waals surface area contributed by atoms with Gasteiger partial charge in [-0.3, -0.25) is 4.79 Å². The van der Waals surface area contributed by atoms with Gasteiger partial charge in [0.15, 0.2) is 19.7 Å². The molecule has 0 bridgehead atoms. The third kappa shape index (κ3) is 3.92. The van der Waals surface area contributed by atoms with Gasteiger partial charge in [0.05, 0.1) is 10.5 Å². The van der Waals surface area contributed by atoms with Gasteiger partial charge in [0, 0.05) is 11.1 Å². The predicted octanol–water partition coefficient (Wildman–Crippen LogP) is 4.79. The number of benzene rings is 1. The van der Waals surface area contributed by atoms with Crippen LogP contribution in [0.3, 0.4) is 0 Å². The van der Waals surface area contributed by atoms with Gasteiger partial charge < -0.3 is 5.32 Å². The minimum Gasteiger partial charge on any atom is -0.301 e. The molecule has 1 aromatic heterocycles. The van der Waals surface area contributed by atoms with Gasteiger partial charge in [0.25, 0.3) is 0 Å². The number of sulfone groups is 1. The maximum absolute atomic E-state index is 13.1. The molecule has 10 heteroatoms. The zero-order chi connectivity index (χ0) is 21.7. The van der Waals surface area contributed by atoms with Gasteiger partial charge in [-0.05, 0) is 48.9 Å². The van der Waals surface area contributed by atoms with Crippen molar-refractivity contribution in [2.75, 3.05) is 5.32 Å². The number of nitrogens with one attached hydrogen (secondary N) is 1. The predicted molar refractivity (Wildman–Crippen MR) is 105 cm³/mol. The molecule has 0 aliphatic heterocycles. The summed E-state index contributed by atoms with van der Waals surface area (Å²) in [7, 11) is -4.17. The number of aromatic nitrogens is 1. The SMILES string of the molecule is CC(C)(C)c1cnc(NC(=O)C2(S(=O)(=O)c3ccc(C(F)(F)F)cc3)CCC2)s1. The Balaban J connectivity index is 1.88. The van der Waals surface area contributed by atoms with Crippen molar-refractivity contribution in [3.8, 4) is 0 Å². The number of nitrogens with zero attached hydrogens (tertiary/aromatic N) is 1. The summed E-state index contributed by atoms with van der Waals surface area (Å²) in [5.74, 6) is -0.696. The fourth-order valence-electron chi connectivity index (χ4n) is 3.05. The summed E-state index contributed by atoms with van der Waals surface area (Å²) < 4.78 is 62.9. The first-order valence-electron chi connectivity index (χ1n) is 8.97. The standard InChI is InChI=1S/C19H21F3N2O3S2/c1-17(2,3)14-11-23-16(28-14)24-15(25)18(9-4-10-18)29(26,27)13-7-5-12(6-8-13)19(20,21)22/h5-8,11H,4,9-10H2,1-3H3,(H,23,24,25). The zero-order valence-corrected chi connectivity index (χ0v) is 17.8. The van der Waals surface area contributed by atoms with E-state index in [2.05, 4.69) is 10.3 Å². The molecule has 2 aromatic rings. The number of halogens is 3. The van der Waals surface area contributed by atoms with E-state index >= 15 is 0 Å². The Morgan fingerprint density at radius 3 is 2.14 bits per heavy atom. The number of carbonyl (C=O) groups excluding carboxylic acids is 1. The lowest BCUT2D eigenvalue weighted by Crippen LogP contribution is -2.54. The van der Waals surface area contributed by atoms with Crippen molar-refractivity contribution < 1.29 is 26.4 Å². The average Bonchev–Trinajstić information content (AvgIpc) is 3.01. The molecule has 3 rings (SSSR count). The number of hydrogen-bond acceptors (Lipinski definition) is 5. The molecule has 1 N–H and O–H groups in total. The molecule has 0 radical (unpaired) electrons. The van der Waals surface area contributed by atoms with Crippen LogP contribution in [0.4, 0.5) is 18.3 Å². The molecule has 1 aliphatic carbocycles. The first kappa shape index (κ1) is 21.8. The van der Waals surface area contributed by atoms with Crippen molar-refractivity contribution in [3.05, 3.63) is 40.9 Å². The van der Waals surface area contributed by atoms with Gasteiger partial charge in [-0.15, -0.1) is 11.3 Å². The van der Waals surface area contributed by atoms with E-state index in [1.807, 2.05) is 20.8 Å². The molecule has 0 atom stereocenters. The van der Waals surface area contributed by atoms with Crippen molar-refractivity contribution in [3.63, 3.8) is 0 Å². The van der Waals surface area contributed by atoms with Gasteiger partial charge in [-0.25, -0.2) is 13.4 Å². The van der Waals surface area contributed by atoms with Gasteiger partial charge >= 0.3 is 6.18 Å². The molecule has 1 amide bonds. The van der Waals surface area contributed by atoms with Crippen LogP contribution < -0.4 is 5.32 Å². The lowest BCUT2D eigenvalue weighted by Gasteiger charge is -2.39. The summed E-state index contributed by atoms with van der Waals surface area (Å²) in [4.78, 5) is 17.7. The highest BCUT2D eigenvalue weighted by atomic mass is 32.2. The number of hydrogen-bond donors (Lipinski definition) is 1. The third-order valence-electron chi connectivity index (χ3n) is 5.05. The van der Waals surface area contributed by atoms with E-state index in [1.165, 1.54) is 11.3 Å². The molecule has 1 aromatic carbocycles. The Morgan fingerprint density at radius 1 is 1.14 bits per heavy atom. The molecule has 0 spiro atoms. The van der Waals surface area contributed by atoms with E-state index in [1.54, 1.807) is 6.20 Å². The van der Waals surface area contributed by atoms with Crippen LogP contribution in [0.15, 0.2) is 35.4 Å². The minimum atomic E-state index is -4.57. The van der Waals surface area contributed by atoms with Crippen LogP contribution in [0.5, 0.6) is 0 Å². The molecule has 158 valence electrons. The highest BCUT2D eigenvalue weighted by molar-refractivity contribution is 7.93. The van der Waals surface area contributed by atoms with Gasteiger partial charge in [0.2, 0.25) is 5.91 Å². The quantitative estimate of drug-likeness (QED) is 0.732. The summed E-state index contributed by atoms with van der Waals surface area (Å²) in [6.45, 7) is 5.98. The van der Waals surface area contributed by atoms with Gasteiger partial charge in [-0.1, -0.05) is 20.8 Å². The fourth-order valence-corrected chi connectivity index (χ4v) is 5.99. The molecule has 1 aliphatic rings. The van der Waals surface area contributed by atoms with E-state index in [4.69, 9.17) is 0 Å². The van der Waals surface area contributed by atoms with Crippen molar-refractivity contribution in [1.82, 2.24) is 4.98 Å². The van der Waals surface area contributed by atoms with E-state index in [-0.39, 0.29) is 23.2 Å². The van der Waals surface area contributed by atoms with E-state index < -0.39 is 32.2 Å². The zero-order valence-electron chi connectivity index (χ0n) is 16.1. The van der Waals surface area contributed by atoms with Crippen LogP contribution >= 0.6 is 11.3 Å². The Labute approximate surface area is 171 Å². The lowest BCUT2D eigenvalue weighted by atomic mass is 9.83. The number of rotatable bonds is 4. The Bertz CT molecular complexity index is 1020. The van der Waals surface area contributed by atoms with Crippen LogP contribution in [0, 0.1) is 0 Å². The van der Waals surface area contributed by atoms with Crippen LogP contribution in [0.25, 0.3) is 0 Å². The maximum atomic E-state index is 13.1. The minimum absolute atomic E-state index is 0.111. The summed E-state index contributed by atoms with van der Waals surface area (Å²) in [6.07, 6.45) is -2.17. The van der Waals surface area contributed by atoms with E-state index in [0.717, 1.165) is 17.0 Å². The normalized spacial score (nSPS) is 16.9. The lowest BCUT2D eigenvalue weighted by molar-refractivity contribution is -0.137. The van der Waals surface area contributed by atoms with Crippen LogP contribution in [-0.4, -0.2) is 24.1 Å². The van der Waals surface area contributed by atoms with Gasteiger partial charge in [0.1, 0.15) is 0 Å². The first-order valence-corrected chi connectivity index (χ1v) is 11.3. The second-order valence-electron chi connectivity index (χ2n) is 8.11.